The van der Waals surface area contributed by atoms with Gasteiger partial charge in [0.05, 0.1) is 5.25 Å². The first-order valence-corrected chi connectivity index (χ1v) is 6.91. The van der Waals surface area contributed by atoms with Gasteiger partial charge < -0.3 is 5.32 Å². The van der Waals surface area contributed by atoms with Crippen molar-refractivity contribution < 1.29 is 8.42 Å². The van der Waals surface area contributed by atoms with Crippen molar-refractivity contribution in [2.45, 2.75) is 30.6 Å². The van der Waals surface area contributed by atoms with Crippen molar-refractivity contribution in [1.29, 1.82) is 0 Å². The Kier molecular flexibility index (Phi) is 1.91. The smallest absolute Gasteiger partial charge is 0.217 e. The maximum absolute atomic E-state index is 12.0. The van der Waals surface area contributed by atoms with Gasteiger partial charge in [-0.3, -0.25) is 0 Å². The van der Waals surface area contributed by atoms with Crippen molar-refractivity contribution in [3.05, 3.63) is 0 Å². The van der Waals surface area contributed by atoms with Crippen molar-refractivity contribution in [3.8, 4) is 0 Å². The summed E-state index contributed by atoms with van der Waals surface area (Å²) >= 11 is 0. The standard InChI is InChI=1S/C9H16N2O2S/c12-14(13,8-1-2-8)11-4-3-7-5-10-6-9(7)11/h7-10H,1-6H2/t7-,9+/m1/s1. The molecule has 0 aromatic heterocycles. The highest BCUT2D eigenvalue weighted by Crippen LogP contribution is 2.37. The zero-order valence-corrected chi connectivity index (χ0v) is 8.96. The van der Waals surface area contributed by atoms with Crippen LogP contribution in [0.15, 0.2) is 0 Å². The van der Waals surface area contributed by atoms with Gasteiger partial charge in [-0.15, -0.1) is 0 Å². The molecule has 2 saturated heterocycles. The third kappa shape index (κ3) is 1.22. The van der Waals surface area contributed by atoms with Gasteiger partial charge >= 0.3 is 0 Å². The van der Waals surface area contributed by atoms with Crippen LogP contribution in [0.3, 0.4) is 0 Å². The van der Waals surface area contributed by atoms with E-state index in [1.54, 1.807) is 4.31 Å². The van der Waals surface area contributed by atoms with Crippen LogP contribution in [0.5, 0.6) is 0 Å². The molecule has 2 atom stereocenters. The van der Waals surface area contributed by atoms with Gasteiger partial charge in [0.25, 0.3) is 0 Å². The second-order valence-electron chi connectivity index (χ2n) is 4.63. The van der Waals surface area contributed by atoms with E-state index in [-0.39, 0.29) is 11.3 Å². The largest absolute Gasteiger partial charge is 0.315 e. The van der Waals surface area contributed by atoms with Crippen LogP contribution in [0, 0.1) is 5.92 Å². The van der Waals surface area contributed by atoms with Crippen LogP contribution in [0.4, 0.5) is 0 Å². The van der Waals surface area contributed by atoms with Crippen molar-refractivity contribution >= 4 is 10.0 Å². The molecule has 3 fully saturated rings. The first-order valence-electron chi connectivity index (χ1n) is 5.41. The molecule has 0 aromatic carbocycles. The van der Waals surface area contributed by atoms with E-state index < -0.39 is 10.0 Å². The molecule has 0 radical (unpaired) electrons. The van der Waals surface area contributed by atoms with Crippen LogP contribution in [0.2, 0.25) is 0 Å². The Morgan fingerprint density at radius 2 is 1.93 bits per heavy atom. The number of sulfonamides is 1. The van der Waals surface area contributed by atoms with E-state index in [2.05, 4.69) is 5.32 Å². The third-order valence-corrected chi connectivity index (χ3v) is 6.09. The molecule has 1 N–H and O–H groups in total. The minimum Gasteiger partial charge on any atom is -0.315 e. The maximum Gasteiger partial charge on any atom is 0.217 e. The highest BCUT2D eigenvalue weighted by molar-refractivity contribution is 7.90. The minimum atomic E-state index is -2.93. The maximum atomic E-state index is 12.0. The van der Waals surface area contributed by atoms with E-state index in [9.17, 15) is 8.42 Å². The molecule has 0 unspecified atom stereocenters. The summed E-state index contributed by atoms with van der Waals surface area (Å²) in [4.78, 5) is 0. The molecule has 3 rings (SSSR count). The lowest BCUT2D eigenvalue weighted by Crippen LogP contribution is -2.40. The van der Waals surface area contributed by atoms with Crippen LogP contribution in [-0.2, 0) is 10.0 Å². The second kappa shape index (κ2) is 2.93. The molecule has 5 heteroatoms. The third-order valence-electron chi connectivity index (χ3n) is 3.67. The fourth-order valence-corrected chi connectivity index (χ4v) is 4.78. The predicted molar refractivity (Wildman–Crippen MR) is 53.4 cm³/mol. The van der Waals surface area contributed by atoms with Gasteiger partial charge in [0.15, 0.2) is 0 Å². The lowest BCUT2D eigenvalue weighted by atomic mass is 10.1. The average Bonchev–Trinajstić information content (AvgIpc) is 2.75. The normalized spacial score (nSPS) is 38.9. The van der Waals surface area contributed by atoms with E-state index in [1.165, 1.54) is 0 Å². The van der Waals surface area contributed by atoms with Crippen LogP contribution in [0.25, 0.3) is 0 Å². The molecule has 1 saturated carbocycles. The number of fused-ring (bicyclic) bond motifs is 1. The summed E-state index contributed by atoms with van der Waals surface area (Å²) in [5.74, 6) is 0.573. The van der Waals surface area contributed by atoms with E-state index >= 15 is 0 Å². The molecule has 0 spiro atoms. The number of nitrogens with zero attached hydrogens (tertiary/aromatic N) is 1. The number of nitrogens with one attached hydrogen (secondary N) is 1. The van der Waals surface area contributed by atoms with Crippen LogP contribution < -0.4 is 5.32 Å². The van der Waals surface area contributed by atoms with Gasteiger partial charge in [-0.05, 0) is 31.7 Å². The average molecular weight is 216 g/mol. The fourth-order valence-electron chi connectivity index (χ4n) is 2.68. The van der Waals surface area contributed by atoms with Crippen LogP contribution in [0.1, 0.15) is 19.3 Å². The van der Waals surface area contributed by atoms with Crippen LogP contribution in [-0.4, -0.2) is 43.6 Å². The van der Waals surface area contributed by atoms with Gasteiger partial charge in [0, 0.05) is 19.1 Å². The number of hydrogen-bond donors (Lipinski definition) is 1. The second-order valence-corrected chi connectivity index (χ2v) is 6.79. The molecule has 4 nitrogen and oxygen atoms in total. The van der Waals surface area contributed by atoms with E-state index in [0.29, 0.717) is 5.92 Å². The molecule has 0 amide bonds. The Bertz CT molecular complexity index is 337. The quantitative estimate of drug-likeness (QED) is 0.694. The summed E-state index contributed by atoms with van der Waals surface area (Å²) < 4.78 is 25.8. The molecular weight excluding hydrogens is 200 g/mol. The molecule has 2 aliphatic heterocycles. The molecular formula is C9H16N2O2S. The molecule has 0 aromatic rings. The molecule has 0 bridgehead atoms. The number of rotatable bonds is 2. The highest BCUT2D eigenvalue weighted by Gasteiger charge is 2.48. The van der Waals surface area contributed by atoms with Crippen molar-refractivity contribution in [2.24, 2.45) is 5.92 Å². The summed E-state index contributed by atoms with van der Waals surface area (Å²) in [6.45, 7) is 2.62. The van der Waals surface area contributed by atoms with E-state index in [0.717, 1.165) is 38.9 Å². The Labute approximate surface area is 84.7 Å². The molecule has 80 valence electrons. The van der Waals surface area contributed by atoms with Gasteiger partial charge in [0.1, 0.15) is 0 Å². The summed E-state index contributed by atoms with van der Waals surface area (Å²) in [7, 11) is -2.93. The van der Waals surface area contributed by atoms with Crippen LogP contribution >= 0.6 is 0 Å². The Morgan fingerprint density at radius 3 is 2.64 bits per heavy atom. The summed E-state index contributed by atoms with van der Waals surface area (Å²) in [6.07, 6.45) is 2.80. The van der Waals surface area contributed by atoms with Gasteiger partial charge in [-0.25, -0.2) is 8.42 Å². The van der Waals surface area contributed by atoms with Crippen molar-refractivity contribution in [2.75, 3.05) is 19.6 Å². The minimum absolute atomic E-state index is 0.0400. The molecule has 14 heavy (non-hydrogen) atoms. The monoisotopic (exact) mass is 216 g/mol. The zero-order chi connectivity index (χ0) is 9.76. The Balaban J connectivity index is 1.85. The lowest BCUT2D eigenvalue weighted by molar-refractivity contribution is 0.382. The first kappa shape index (κ1) is 9.12. The van der Waals surface area contributed by atoms with Crippen molar-refractivity contribution in [1.82, 2.24) is 9.62 Å². The van der Waals surface area contributed by atoms with Gasteiger partial charge in [-0.2, -0.15) is 4.31 Å². The zero-order valence-electron chi connectivity index (χ0n) is 8.15. The SMILES string of the molecule is O=S(=O)(C1CC1)N1CC[C@@H]2CNC[C@@H]21. The molecule has 3 aliphatic rings. The predicted octanol–water partition coefficient (Wildman–Crippen LogP) is -0.228. The summed E-state index contributed by atoms with van der Waals surface area (Å²) in [6, 6.07) is 0.264. The summed E-state index contributed by atoms with van der Waals surface area (Å²) in [5.41, 5.74) is 0. The molecule has 1 aliphatic carbocycles. The summed E-state index contributed by atoms with van der Waals surface area (Å²) in [5, 5.41) is 3.24. The number of hydrogen-bond acceptors (Lipinski definition) is 3. The van der Waals surface area contributed by atoms with E-state index in [1.807, 2.05) is 0 Å². The Hall–Kier alpha value is -0.130. The Morgan fingerprint density at radius 1 is 1.14 bits per heavy atom. The highest BCUT2D eigenvalue weighted by atomic mass is 32.2. The first-order chi connectivity index (χ1) is 6.69. The van der Waals surface area contributed by atoms with E-state index in [4.69, 9.17) is 0 Å². The van der Waals surface area contributed by atoms with Gasteiger partial charge in [0.2, 0.25) is 10.0 Å². The lowest BCUT2D eigenvalue weighted by Gasteiger charge is -2.22. The van der Waals surface area contributed by atoms with Crippen molar-refractivity contribution in [3.63, 3.8) is 0 Å². The topological polar surface area (TPSA) is 49.4 Å². The fraction of sp³-hybridized carbons (Fsp3) is 1.00. The van der Waals surface area contributed by atoms with Gasteiger partial charge in [-0.1, -0.05) is 0 Å². The molecule has 2 heterocycles.